The zero-order chi connectivity index (χ0) is 62.2. The second-order valence-electron chi connectivity index (χ2n) is 25.2. The third-order valence-electron chi connectivity index (χ3n) is 16.2. The van der Waals surface area contributed by atoms with Gasteiger partial charge in [-0.1, -0.05) is 178 Å². The Balaban J connectivity index is 0.000000192. The van der Waals surface area contributed by atoms with Crippen LogP contribution < -0.4 is 24.8 Å². The van der Waals surface area contributed by atoms with Crippen LogP contribution in [0.2, 0.25) is 0 Å². The molecule has 4 heteroatoms. The quantitative estimate of drug-likeness (QED) is 0.120. The van der Waals surface area contributed by atoms with Crippen molar-refractivity contribution in [3.63, 3.8) is 0 Å². The van der Waals surface area contributed by atoms with Crippen molar-refractivity contribution in [2.75, 3.05) is 0 Å². The van der Waals surface area contributed by atoms with Crippen LogP contribution in [-0.2, 0) is 48.5 Å². The summed E-state index contributed by atoms with van der Waals surface area (Å²) in [6.45, 7) is 36.0. The number of fused-ring (bicyclic) bond motifs is 6. The van der Waals surface area contributed by atoms with Gasteiger partial charge in [-0.25, -0.2) is 11.1 Å². The summed E-state index contributed by atoms with van der Waals surface area (Å²) in [4.78, 5) is 0. The van der Waals surface area contributed by atoms with Gasteiger partial charge in [0.2, 0.25) is 0 Å². The molecular weight excluding hydrogens is 1260 g/mol. The van der Waals surface area contributed by atoms with Crippen molar-refractivity contribution < 1.29 is 73.3 Å². The van der Waals surface area contributed by atoms with Gasteiger partial charge < -0.3 is 24.8 Å². The Morgan fingerprint density at radius 3 is 0.739 bits per heavy atom. The average molecular weight is 1360 g/mol. The van der Waals surface area contributed by atoms with Crippen LogP contribution in [-0.4, -0.2) is 6.41 Å². The van der Waals surface area contributed by atoms with E-state index in [0.717, 1.165) is 12.8 Å². The Hall–Kier alpha value is -5.45. The summed E-state index contributed by atoms with van der Waals surface area (Å²) in [5.41, 5.74) is 20.0. The molecule has 0 saturated heterocycles. The van der Waals surface area contributed by atoms with Gasteiger partial charge in [-0.05, 0) is 39.5 Å². The zero-order valence-corrected chi connectivity index (χ0v) is 61.7. The number of rotatable bonds is 10. The molecule has 2 aliphatic rings. The van der Waals surface area contributed by atoms with Gasteiger partial charge in [0, 0.05) is 0 Å². The van der Waals surface area contributed by atoms with E-state index in [1.807, 2.05) is 0 Å². The predicted molar refractivity (Wildman–Crippen MR) is 371 cm³/mol. The Kier molecular flexibility index (Phi) is 29.3. The fourth-order valence-corrected chi connectivity index (χ4v) is 13.4. The van der Waals surface area contributed by atoms with Crippen molar-refractivity contribution >= 4 is 49.5 Å². The molecule has 0 heterocycles. The summed E-state index contributed by atoms with van der Waals surface area (Å²) in [5, 5.41) is 10.9. The van der Waals surface area contributed by atoms with Gasteiger partial charge >= 0.3 is 198 Å². The summed E-state index contributed by atoms with van der Waals surface area (Å²) in [5.74, 6) is 3.92. The zero-order valence-electron chi connectivity index (χ0n) is 55.3. The van der Waals surface area contributed by atoms with Gasteiger partial charge in [-0.15, -0.1) is 92.3 Å². The molecule has 2 aliphatic carbocycles. The Morgan fingerprint density at radius 2 is 0.545 bits per heavy atom. The molecule has 0 aromatic heterocycles. The number of aryl methyl sites for hydroxylation is 4. The molecule has 0 N–H and O–H groups in total. The standard InChI is InChI=1S/2C15H13.2C14H23.2C13H10.2ClH.2Zr/c2*1-10-3-5-14-12(7-10)9-13-8-11(2)4-6-15(13)14;2*1-9(2)12-7-8-13(10(3)4)14(12)11(5)6;2*1-3-7-12(8-4-1)11-13-9-5-2-6-10-13;;;;/h2*3-9H,1-2H3;2*9-11H,7H2,1-6H3;2*1-10H;2*1H;;/q4*-1;;;;;2*+2/p-2. The summed E-state index contributed by atoms with van der Waals surface area (Å²) in [7, 11) is 0. The maximum absolute atomic E-state index is 3.56. The molecule has 0 aliphatic heterocycles. The van der Waals surface area contributed by atoms with E-state index in [4.69, 9.17) is 0 Å². The summed E-state index contributed by atoms with van der Waals surface area (Å²) in [6.07, 6.45) is 9.26. The number of hydrogen-bond acceptors (Lipinski definition) is 0. The topological polar surface area (TPSA) is 0 Å². The SMILES string of the molecule is CC(C)C1=[C-]CC(C(C)C)=C1C(C)C.CC(C)C1=[C-]CC(C(C)C)=C1C(C)C.Cc1ccc2c(c1)[cH-]c1cc(C)ccc12.Cc1ccc2c(c1)[cH-]c1cc(C)ccc12.[Cl-].[Cl-].[Zr+2]=[C](c1ccccc1)c1ccccc1.[Zr+2]=[C](c1ccccc1)c1ccccc1. The molecule has 10 aromatic rings. The second kappa shape index (κ2) is 35.2. The van der Waals surface area contributed by atoms with Gasteiger partial charge in [0.1, 0.15) is 0 Å². The van der Waals surface area contributed by atoms with E-state index in [0.29, 0.717) is 35.5 Å². The number of benzene rings is 8. The van der Waals surface area contributed by atoms with Crippen LogP contribution in [0.5, 0.6) is 0 Å². The van der Waals surface area contributed by atoms with Crippen molar-refractivity contribution in [3.8, 4) is 0 Å². The first kappa shape index (κ1) is 73.3. The minimum absolute atomic E-state index is 0. The van der Waals surface area contributed by atoms with Crippen molar-refractivity contribution in [1.82, 2.24) is 0 Å². The maximum atomic E-state index is 3.56. The predicted octanol–water partition coefficient (Wildman–Crippen LogP) is 17.0. The monoisotopic (exact) mass is 1350 g/mol. The Labute approximate surface area is 573 Å². The van der Waals surface area contributed by atoms with Crippen LogP contribution in [0.1, 0.15) is 140 Å². The van der Waals surface area contributed by atoms with Gasteiger partial charge in [0.15, 0.2) is 0 Å². The van der Waals surface area contributed by atoms with Crippen LogP contribution in [0.25, 0.3) is 43.1 Å². The number of allylic oxidation sites excluding steroid dienone is 8. The van der Waals surface area contributed by atoms with Crippen LogP contribution in [0.3, 0.4) is 0 Å². The molecule has 0 amide bonds. The first-order valence-corrected chi connectivity index (χ1v) is 33.8. The van der Waals surface area contributed by atoms with E-state index in [1.165, 1.54) is 154 Å². The third-order valence-corrected chi connectivity index (χ3v) is 19.0. The molecule has 12 rings (SSSR count). The van der Waals surface area contributed by atoms with Gasteiger partial charge in [-0.3, -0.25) is 12.2 Å². The van der Waals surface area contributed by atoms with E-state index < -0.39 is 0 Å². The Bertz CT molecular complexity index is 3530. The van der Waals surface area contributed by atoms with Crippen LogP contribution >= 0.6 is 0 Å². The molecule has 0 atom stereocenters. The van der Waals surface area contributed by atoms with E-state index >= 15 is 0 Å². The molecule has 0 unspecified atom stereocenters. The van der Waals surface area contributed by atoms with Crippen molar-refractivity contribution in [1.29, 1.82) is 0 Å². The summed E-state index contributed by atoms with van der Waals surface area (Å²) >= 11 is 2.92. The number of halogens is 2. The van der Waals surface area contributed by atoms with Gasteiger partial charge in [0.05, 0.1) is 0 Å². The summed E-state index contributed by atoms with van der Waals surface area (Å²) < 4.78 is 2.83. The van der Waals surface area contributed by atoms with E-state index in [9.17, 15) is 0 Å². The second-order valence-corrected chi connectivity index (χ2v) is 27.7. The molecular formula is C84H92Cl2Zr2-2. The first-order valence-electron chi connectivity index (χ1n) is 31.3. The van der Waals surface area contributed by atoms with E-state index in [-0.39, 0.29) is 24.8 Å². The van der Waals surface area contributed by atoms with Crippen molar-refractivity contribution in [2.45, 2.75) is 124 Å². The average Bonchev–Trinajstić information content (AvgIpc) is 2.15. The van der Waals surface area contributed by atoms with E-state index in [1.54, 1.807) is 22.3 Å². The minimum atomic E-state index is 0. The molecule has 0 fully saturated rings. The molecule has 0 nitrogen and oxygen atoms in total. The molecule has 0 bridgehead atoms. The van der Waals surface area contributed by atoms with Crippen LogP contribution in [0.4, 0.5) is 0 Å². The third kappa shape index (κ3) is 19.8. The molecule has 0 radical (unpaired) electrons. The van der Waals surface area contributed by atoms with Crippen molar-refractivity contribution in [2.24, 2.45) is 35.5 Å². The van der Waals surface area contributed by atoms with Gasteiger partial charge in [0.25, 0.3) is 0 Å². The first-order chi connectivity index (χ1) is 41.1. The van der Waals surface area contributed by atoms with Crippen LogP contribution in [0, 0.1) is 75.4 Å². The van der Waals surface area contributed by atoms with E-state index in [2.05, 4.69) is 329 Å². The number of hydrogen-bond donors (Lipinski definition) is 0. The fourth-order valence-electron chi connectivity index (χ4n) is 11.8. The molecule has 88 heavy (non-hydrogen) atoms. The molecule has 10 aromatic carbocycles. The molecule has 452 valence electrons. The van der Waals surface area contributed by atoms with Crippen molar-refractivity contribution in [3.05, 3.63) is 296 Å². The van der Waals surface area contributed by atoms with Gasteiger partial charge in [-0.2, -0.15) is 22.3 Å². The molecule has 0 spiro atoms. The Morgan fingerprint density at radius 1 is 0.318 bits per heavy atom. The normalized spacial score (nSPS) is 12.6. The summed E-state index contributed by atoms with van der Waals surface area (Å²) in [6, 6.07) is 73.4. The fraction of sp³-hybridized carbons (Fsp3) is 0.286. The van der Waals surface area contributed by atoms with Crippen LogP contribution in [0.15, 0.2) is 240 Å². The molecule has 0 saturated carbocycles.